The predicted molar refractivity (Wildman–Crippen MR) is 110 cm³/mol. The van der Waals surface area contributed by atoms with Crippen LogP contribution >= 0.6 is 0 Å². The van der Waals surface area contributed by atoms with Gasteiger partial charge in [-0.15, -0.1) is 0 Å². The molecule has 0 saturated carbocycles. The number of allylic oxidation sites excluding steroid dienone is 1. The van der Waals surface area contributed by atoms with Crippen molar-refractivity contribution in [1.82, 2.24) is 4.90 Å². The molecule has 0 atom stereocenters. The lowest BCUT2D eigenvalue weighted by molar-refractivity contribution is 0.224. The van der Waals surface area contributed by atoms with Crippen LogP contribution in [0.3, 0.4) is 0 Å². The van der Waals surface area contributed by atoms with E-state index in [4.69, 9.17) is 9.47 Å². The zero-order valence-corrected chi connectivity index (χ0v) is 16.1. The zero-order chi connectivity index (χ0) is 18.5. The Morgan fingerprint density at radius 1 is 1.04 bits per heavy atom. The lowest BCUT2D eigenvalue weighted by Gasteiger charge is -2.36. The number of hydrogen-bond acceptors (Lipinski definition) is 4. The van der Waals surface area contributed by atoms with Gasteiger partial charge in [-0.3, -0.25) is 4.90 Å². The number of ether oxygens (including phenoxy) is 2. The van der Waals surface area contributed by atoms with Gasteiger partial charge in [-0.2, -0.15) is 0 Å². The fourth-order valence-electron chi connectivity index (χ4n) is 3.81. The number of anilines is 1. The van der Waals surface area contributed by atoms with Gasteiger partial charge in [0, 0.05) is 44.5 Å². The third-order valence-corrected chi connectivity index (χ3v) is 5.38. The predicted octanol–water partition coefficient (Wildman–Crippen LogP) is 4.03. The third-order valence-electron chi connectivity index (χ3n) is 5.38. The lowest BCUT2D eigenvalue weighted by atomic mass is 10.1. The number of rotatable bonds is 6. The Hall–Kier alpha value is -2.46. The minimum atomic E-state index is 0.743. The van der Waals surface area contributed by atoms with Crippen LogP contribution in [0.2, 0.25) is 0 Å². The van der Waals surface area contributed by atoms with E-state index in [-0.39, 0.29) is 0 Å². The van der Waals surface area contributed by atoms with E-state index in [1.165, 1.54) is 16.8 Å². The number of benzene rings is 2. The van der Waals surface area contributed by atoms with Crippen LogP contribution in [0.25, 0.3) is 0 Å². The molecule has 4 heteroatoms. The van der Waals surface area contributed by atoms with E-state index in [2.05, 4.69) is 47.1 Å². The summed E-state index contributed by atoms with van der Waals surface area (Å²) in [5, 5.41) is 0. The minimum absolute atomic E-state index is 0.743. The van der Waals surface area contributed by atoms with Crippen LogP contribution in [0, 0.1) is 6.92 Å². The van der Waals surface area contributed by atoms with E-state index in [9.17, 15) is 0 Å². The van der Waals surface area contributed by atoms with E-state index in [0.29, 0.717) is 0 Å². The lowest BCUT2D eigenvalue weighted by Crippen LogP contribution is -2.47. The maximum absolute atomic E-state index is 5.93. The molecule has 0 N–H and O–H groups in total. The number of aryl methyl sites for hydroxylation is 1. The van der Waals surface area contributed by atoms with Crippen molar-refractivity contribution >= 4 is 5.69 Å². The average molecular weight is 364 g/mol. The highest BCUT2D eigenvalue weighted by Crippen LogP contribution is 2.28. The van der Waals surface area contributed by atoms with E-state index >= 15 is 0 Å². The monoisotopic (exact) mass is 364 g/mol. The summed E-state index contributed by atoms with van der Waals surface area (Å²) < 4.78 is 11.5. The van der Waals surface area contributed by atoms with Gasteiger partial charge in [0.2, 0.25) is 0 Å². The normalized spacial score (nSPS) is 16.7. The average Bonchev–Trinajstić information content (AvgIpc) is 2.72. The number of para-hydroxylation sites is 1. The summed E-state index contributed by atoms with van der Waals surface area (Å²) in [6.07, 6.45) is 5.76. The van der Waals surface area contributed by atoms with E-state index in [0.717, 1.165) is 63.7 Å². The summed E-state index contributed by atoms with van der Waals surface area (Å²) in [6, 6.07) is 14.8. The second-order valence-electron chi connectivity index (χ2n) is 7.28. The maximum Gasteiger partial charge on any atom is 0.133 e. The van der Waals surface area contributed by atoms with E-state index in [1.807, 2.05) is 18.2 Å². The summed E-state index contributed by atoms with van der Waals surface area (Å²) in [5.41, 5.74) is 3.96. The summed E-state index contributed by atoms with van der Waals surface area (Å²) in [6.45, 7) is 8.46. The molecule has 0 amide bonds. The van der Waals surface area contributed by atoms with Crippen molar-refractivity contribution in [3.05, 3.63) is 65.9 Å². The fourth-order valence-corrected chi connectivity index (χ4v) is 3.81. The molecular weight excluding hydrogens is 336 g/mol. The fraction of sp³-hybridized carbons (Fsp3) is 0.391. The quantitative estimate of drug-likeness (QED) is 0.723. The highest BCUT2D eigenvalue weighted by atomic mass is 16.5. The van der Waals surface area contributed by atoms with E-state index < -0.39 is 0 Å². The van der Waals surface area contributed by atoms with Crippen LogP contribution in [0.1, 0.15) is 17.5 Å². The first-order valence-corrected chi connectivity index (χ1v) is 9.90. The largest absolute Gasteiger partial charge is 0.493 e. The number of fused-ring (bicyclic) bond motifs is 1. The molecular formula is C23H28N2O2. The highest BCUT2D eigenvalue weighted by Gasteiger charge is 2.17. The molecule has 0 radical (unpaired) electrons. The SMILES string of the molecule is Cc1ccccc1N1CCN(CCCOc2ccc3c(c2)OC=CC3)CC1. The van der Waals surface area contributed by atoms with Gasteiger partial charge in [0.25, 0.3) is 0 Å². The first-order valence-electron chi connectivity index (χ1n) is 9.90. The standard InChI is InChI=1S/C23H28N2O2/c1-19-6-2-3-8-22(19)25-14-12-24(13-15-25)11-5-17-26-21-10-9-20-7-4-16-27-23(20)18-21/h2-4,6,8-10,16,18H,5,7,11-15,17H2,1H3. The van der Waals surface area contributed by atoms with Gasteiger partial charge >= 0.3 is 0 Å². The molecule has 2 aliphatic heterocycles. The third kappa shape index (κ3) is 4.45. The molecule has 2 heterocycles. The van der Waals surface area contributed by atoms with Crippen LogP contribution in [-0.4, -0.2) is 44.2 Å². The van der Waals surface area contributed by atoms with Gasteiger partial charge in [0.15, 0.2) is 0 Å². The number of nitrogens with zero attached hydrogens (tertiary/aromatic N) is 2. The van der Waals surface area contributed by atoms with Crippen LogP contribution in [0.5, 0.6) is 11.5 Å². The summed E-state index contributed by atoms with van der Waals surface area (Å²) >= 11 is 0. The Labute approximate surface area is 162 Å². The van der Waals surface area contributed by atoms with Crippen molar-refractivity contribution < 1.29 is 9.47 Å². The Morgan fingerprint density at radius 3 is 2.74 bits per heavy atom. The van der Waals surface area contributed by atoms with Crippen molar-refractivity contribution in [2.45, 2.75) is 19.8 Å². The topological polar surface area (TPSA) is 24.9 Å². The van der Waals surface area contributed by atoms with Crippen molar-refractivity contribution in [2.75, 3.05) is 44.2 Å². The molecule has 4 rings (SSSR count). The van der Waals surface area contributed by atoms with Crippen molar-refractivity contribution in [1.29, 1.82) is 0 Å². The van der Waals surface area contributed by atoms with Gasteiger partial charge in [-0.05, 0) is 49.1 Å². The van der Waals surface area contributed by atoms with Gasteiger partial charge in [0.1, 0.15) is 11.5 Å². The maximum atomic E-state index is 5.93. The van der Waals surface area contributed by atoms with Crippen LogP contribution in [0.4, 0.5) is 5.69 Å². The second-order valence-corrected chi connectivity index (χ2v) is 7.28. The Bertz CT molecular complexity index is 795. The molecule has 142 valence electrons. The summed E-state index contributed by atoms with van der Waals surface area (Å²) in [4.78, 5) is 5.04. The Balaban J connectivity index is 1.18. The molecule has 1 saturated heterocycles. The molecule has 2 aromatic carbocycles. The molecule has 0 unspecified atom stereocenters. The second kappa shape index (κ2) is 8.49. The molecule has 0 bridgehead atoms. The summed E-state index contributed by atoms with van der Waals surface area (Å²) in [7, 11) is 0. The molecule has 0 aromatic heterocycles. The molecule has 1 fully saturated rings. The van der Waals surface area contributed by atoms with Crippen LogP contribution in [-0.2, 0) is 6.42 Å². The Kier molecular flexibility index (Phi) is 5.64. The van der Waals surface area contributed by atoms with Gasteiger partial charge in [0.05, 0.1) is 12.9 Å². The zero-order valence-electron chi connectivity index (χ0n) is 16.1. The smallest absolute Gasteiger partial charge is 0.133 e. The van der Waals surface area contributed by atoms with Crippen LogP contribution in [0.15, 0.2) is 54.8 Å². The molecule has 0 aliphatic carbocycles. The van der Waals surface area contributed by atoms with Crippen molar-refractivity contribution in [3.63, 3.8) is 0 Å². The van der Waals surface area contributed by atoms with Gasteiger partial charge in [-0.25, -0.2) is 0 Å². The van der Waals surface area contributed by atoms with Crippen molar-refractivity contribution in [2.24, 2.45) is 0 Å². The number of piperazine rings is 1. The van der Waals surface area contributed by atoms with E-state index in [1.54, 1.807) is 6.26 Å². The van der Waals surface area contributed by atoms with Gasteiger partial charge in [-0.1, -0.05) is 24.3 Å². The van der Waals surface area contributed by atoms with Gasteiger partial charge < -0.3 is 14.4 Å². The molecule has 27 heavy (non-hydrogen) atoms. The first kappa shape index (κ1) is 17.9. The molecule has 0 spiro atoms. The number of hydrogen-bond donors (Lipinski definition) is 0. The first-order chi connectivity index (χ1) is 13.3. The molecule has 2 aromatic rings. The minimum Gasteiger partial charge on any atom is -0.493 e. The Morgan fingerprint density at radius 2 is 1.89 bits per heavy atom. The summed E-state index contributed by atoms with van der Waals surface area (Å²) in [5.74, 6) is 1.82. The highest BCUT2D eigenvalue weighted by molar-refractivity contribution is 5.53. The van der Waals surface area contributed by atoms with Crippen molar-refractivity contribution in [3.8, 4) is 11.5 Å². The molecule has 4 nitrogen and oxygen atoms in total. The van der Waals surface area contributed by atoms with Crippen LogP contribution < -0.4 is 14.4 Å². The molecule has 2 aliphatic rings.